The highest BCUT2D eigenvalue weighted by Crippen LogP contribution is 2.34. The largest absolute Gasteiger partial charge is 0.379 e. The maximum Gasteiger partial charge on any atom is 0.251 e. The highest BCUT2D eigenvalue weighted by molar-refractivity contribution is 5.92. The van der Waals surface area contributed by atoms with E-state index in [-0.39, 0.29) is 11.8 Å². The van der Waals surface area contributed by atoms with E-state index < -0.39 is 0 Å². The number of allylic oxidation sites excluding steroid dienone is 1. The summed E-state index contributed by atoms with van der Waals surface area (Å²) in [6, 6.07) is 0. The van der Waals surface area contributed by atoms with Crippen LogP contribution in [0.15, 0.2) is 30.6 Å². The number of hydrogen-bond donors (Lipinski definition) is 0. The normalized spacial score (nSPS) is 16.6. The van der Waals surface area contributed by atoms with Gasteiger partial charge in [0.1, 0.15) is 5.69 Å². The molecule has 0 aromatic carbocycles. The molecular weight excluding hydrogens is 502 g/mol. The molecule has 39 heavy (non-hydrogen) atoms. The maximum atomic E-state index is 12.4. The number of ether oxygens (including phenoxy) is 4. The Kier molecular flexibility index (Phi) is 12.6. The van der Waals surface area contributed by atoms with Crippen molar-refractivity contribution in [3.63, 3.8) is 0 Å². The smallest absolute Gasteiger partial charge is 0.251 e. The molecule has 0 saturated carbocycles. The lowest BCUT2D eigenvalue weighted by Crippen LogP contribution is -2.41. The Balaban J connectivity index is 1.08. The molecule has 2 amide bonds. The lowest BCUT2D eigenvalue weighted by Gasteiger charge is -2.38. The number of carbonyl (C=O) groups is 2. The minimum absolute atomic E-state index is 0.0950. The number of hydrogen-bond acceptors (Lipinski definition) is 8. The molecule has 0 bridgehead atoms. The summed E-state index contributed by atoms with van der Waals surface area (Å²) in [7, 11) is 0. The van der Waals surface area contributed by atoms with Crippen molar-refractivity contribution in [2.75, 3.05) is 65.9 Å². The van der Waals surface area contributed by atoms with Gasteiger partial charge in [-0.3, -0.25) is 9.59 Å². The molecule has 11 nitrogen and oxygen atoms in total. The second-order valence-electron chi connectivity index (χ2n) is 10.9. The highest BCUT2D eigenvalue weighted by atomic mass is 16.6. The molecule has 11 heteroatoms. The molecule has 218 valence electrons. The monoisotopic (exact) mass is 547 g/mol. The van der Waals surface area contributed by atoms with Gasteiger partial charge in [0.15, 0.2) is 0 Å². The van der Waals surface area contributed by atoms with Crippen LogP contribution in [0.1, 0.15) is 45.7 Å². The third-order valence-corrected chi connectivity index (χ3v) is 7.05. The van der Waals surface area contributed by atoms with Crippen LogP contribution in [-0.2, 0) is 41.6 Å². The molecule has 2 aliphatic rings. The first-order valence-corrected chi connectivity index (χ1v) is 13.9. The Hall–Kier alpha value is -2.60. The highest BCUT2D eigenvalue weighted by Gasteiger charge is 2.30. The zero-order valence-electron chi connectivity index (χ0n) is 23.8. The van der Waals surface area contributed by atoms with Gasteiger partial charge in [-0.1, -0.05) is 32.6 Å². The van der Waals surface area contributed by atoms with Crippen molar-refractivity contribution >= 4 is 11.8 Å². The van der Waals surface area contributed by atoms with Crippen LogP contribution < -0.4 is 0 Å². The van der Waals surface area contributed by atoms with Crippen molar-refractivity contribution in [1.82, 2.24) is 24.8 Å². The zero-order valence-corrected chi connectivity index (χ0v) is 23.8. The van der Waals surface area contributed by atoms with Gasteiger partial charge >= 0.3 is 0 Å². The number of nitrogens with zero attached hydrogens (tertiary/aromatic N) is 5. The molecule has 1 saturated heterocycles. The standard InChI is InChI=1S/C28H45N5O6/c1-23-5-6-27(35)33(23)22-25-21-32(30-29-25)12-14-37-16-18-39-20-19-38-17-15-36-13-9-26(34)31-10-7-24(8-11-31)28(2,3)4/h5-6,21,24H,1,7-20,22H2,2-4H3. The summed E-state index contributed by atoms with van der Waals surface area (Å²) >= 11 is 0. The summed E-state index contributed by atoms with van der Waals surface area (Å²) in [5.74, 6) is 0.776. The first kappa shape index (κ1) is 30.9. The fourth-order valence-corrected chi connectivity index (χ4v) is 4.58. The minimum Gasteiger partial charge on any atom is -0.379 e. The first-order chi connectivity index (χ1) is 18.7. The Morgan fingerprint density at radius 3 is 2.10 bits per heavy atom. The van der Waals surface area contributed by atoms with Gasteiger partial charge in [0.25, 0.3) is 5.91 Å². The van der Waals surface area contributed by atoms with Crippen molar-refractivity contribution in [2.24, 2.45) is 11.3 Å². The van der Waals surface area contributed by atoms with Crippen molar-refractivity contribution in [3.8, 4) is 0 Å². The van der Waals surface area contributed by atoms with Crippen LogP contribution >= 0.6 is 0 Å². The fraction of sp³-hybridized carbons (Fsp3) is 0.714. The molecule has 0 atom stereocenters. The molecule has 3 heterocycles. The van der Waals surface area contributed by atoms with E-state index in [1.165, 1.54) is 6.08 Å². The van der Waals surface area contributed by atoms with E-state index >= 15 is 0 Å². The third kappa shape index (κ3) is 10.8. The Bertz CT molecular complexity index is 930. The van der Waals surface area contributed by atoms with E-state index in [2.05, 4.69) is 37.7 Å². The van der Waals surface area contributed by atoms with Gasteiger partial charge in [-0.05, 0) is 30.3 Å². The molecule has 0 spiro atoms. The molecule has 1 aromatic rings. The van der Waals surface area contributed by atoms with Crippen molar-refractivity contribution in [3.05, 3.63) is 36.3 Å². The van der Waals surface area contributed by atoms with E-state index in [0.29, 0.717) is 95.1 Å². The molecule has 0 radical (unpaired) electrons. The predicted octanol–water partition coefficient (Wildman–Crippen LogP) is 2.43. The van der Waals surface area contributed by atoms with Gasteiger partial charge < -0.3 is 28.7 Å². The van der Waals surface area contributed by atoms with Crippen LogP contribution in [0.4, 0.5) is 0 Å². The lowest BCUT2D eigenvalue weighted by atomic mass is 9.75. The van der Waals surface area contributed by atoms with Gasteiger partial charge in [-0.2, -0.15) is 0 Å². The number of aromatic nitrogens is 3. The second kappa shape index (κ2) is 15.9. The quantitative estimate of drug-likeness (QED) is 0.274. The topological polar surface area (TPSA) is 108 Å². The third-order valence-electron chi connectivity index (χ3n) is 7.05. The fourth-order valence-electron chi connectivity index (χ4n) is 4.58. The van der Waals surface area contributed by atoms with E-state index in [4.69, 9.17) is 18.9 Å². The molecule has 1 fully saturated rings. The van der Waals surface area contributed by atoms with Crippen LogP contribution in [0.25, 0.3) is 0 Å². The molecule has 0 N–H and O–H groups in total. The van der Waals surface area contributed by atoms with E-state index in [0.717, 1.165) is 25.9 Å². The van der Waals surface area contributed by atoms with Crippen LogP contribution in [0.5, 0.6) is 0 Å². The lowest BCUT2D eigenvalue weighted by molar-refractivity contribution is -0.134. The summed E-state index contributed by atoms with van der Waals surface area (Å²) in [6.45, 7) is 17.1. The van der Waals surface area contributed by atoms with Crippen LogP contribution in [0.3, 0.4) is 0 Å². The Morgan fingerprint density at radius 1 is 0.949 bits per heavy atom. The summed E-state index contributed by atoms with van der Waals surface area (Å²) in [4.78, 5) is 27.7. The number of likely N-dealkylation sites (tertiary alicyclic amines) is 1. The van der Waals surface area contributed by atoms with Crippen molar-refractivity contribution in [2.45, 2.75) is 53.1 Å². The molecule has 2 aliphatic heterocycles. The number of rotatable bonds is 17. The summed E-state index contributed by atoms with van der Waals surface area (Å²) < 4.78 is 23.8. The van der Waals surface area contributed by atoms with E-state index in [9.17, 15) is 9.59 Å². The average Bonchev–Trinajstić information content (AvgIpc) is 3.49. The molecular formula is C28H45N5O6. The minimum atomic E-state index is -0.0950. The van der Waals surface area contributed by atoms with Gasteiger partial charge in [-0.15, -0.1) is 5.10 Å². The van der Waals surface area contributed by atoms with Gasteiger partial charge in [0.2, 0.25) is 5.91 Å². The molecule has 3 rings (SSSR count). The van der Waals surface area contributed by atoms with Gasteiger partial charge in [-0.25, -0.2) is 4.68 Å². The molecule has 0 aliphatic carbocycles. The summed E-state index contributed by atoms with van der Waals surface area (Å²) in [6.07, 6.45) is 7.58. The number of piperidine rings is 1. The Labute approximate surface area is 232 Å². The maximum absolute atomic E-state index is 12.4. The van der Waals surface area contributed by atoms with Gasteiger partial charge in [0.05, 0.1) is 78.6 Å². The average molecular weight is 548 g/mol. The predicted molar refractivity (Wildman–Crippen MR) is 146 cm³/mol. The zero-order chi connectivity index (χ0) is 28.1. The molecule has 0 unspecified atom stereocenters. The van der Waals surface area contributed by atoms with Crippen molar-refractivity contribution in [1.29, 1.82) is 0 Å². The Morgan fingerprint density at radius 2 is 1.54 bits per heavy atom. The second-order valence-corrected chi connectivity index (χ2v) is 10.9. The summed E-state index contributed by atoms with van der Waals surface area (Å²) in [5.41, 5.74) is 1.67. The van der Waals surface area contributed by atoms with E-state index in [1.807, 2.05) is 4.90 Å². The van der Waals surface area contributed by atoms with Crippen LogP contribution in [0.2, 0.25) is 0 Å². The van der Waals surface area contributed by atoms with Crippen LogP contribution in [-0.4, -0.2) is 103 Å². The van der Waals surface area contributed by atoms with Gasteiger partial charge in [0, 0.05) is 24.9 Å². The first-order valence-electron chi connectivity index (χ1n) is 13.9. The van der Waals surface area contributed by atoms with Crippen molar-refractivity contribution < 1.29 is 28.5 Å². The SMILES string of the molecule is C=C1C=CC(=O)N1Cc1cn(CCOCCOCCOCCOCCC(=O)N2CCC(C(C)(C)C)CC2)nn1. The number of carbonyl (C=O) groups excluding carboxylic acids is 2. The number of amides is 2. The molecule has 1 aromatic heterocycles. The van der Waals surface area contributed by atoms with Crippen LogP contribution in [0, 0.1) is 11.3 Å². The summed E-state index contributed by atoms with van der Waals surface area (Å²) in [5, 5.41) is 8.16. The van der Waals surface area contributed by atoms with E-state index in [1.54, 1.807) is 21.9 Å².